The normalized spacial score (nSPS) is 52.1. The van der Waals surface area contributed by atoms with E-state index in [0.29, 0.717) is 0 Å². The van der Waals surface area contributed by atoms with Gasteiger partial charge in [-0.15, -0.1) is 0 Å². The molecule has 0 radical (unpaired) electrons. The molecule has 68 heteroatoms. The van der Waals surface area contributed by atoms with Gasteiger partial charge in [-0.2, -0.15) is 0 Å². The third-order valence-electron chi connectivity index (χ3n) is 28.0. The number of carbonyl (C=O) groups excluding carboxylic acids is 2. The van der Waals surface area contributed by atoms with Crippen molar-refractivity contribution in [1.82, 2.24) is 10.6 Å². The molecule has 65 atom stereocenters. The second-order valence-corrected chi connectivity index (χ2v) is 38.0. The van der Waals surface area contributed by atoms with Crippen LogP contribution >= 0.6 is 0 Å². The lowest BCUT2D eigenvalue weighted by atomic mass is 9.94. The molecule has 41 N–H and O–H groups in total. The van der Waals surface area contributed by atoms with Gasteiger partial charge in [-0.3, -0.25) is 9.59 Å². The van der Waals surface area contributed by atoms with Crippen LogP contribution in [0.3, 0.4) is 0 Å². The van der Waals surface area contributed by atoms with Gasteiger partial charge in [0.25, 0.3) is 0 Å². The first kappa shape index (κ1) is 123. The third-order valence-corrected chi connectivity index (χ3v) is 28.0. The molecule has 13 fully saturated rings. The minimum atomic E-state index is -2.77. The second kappa shape index (κ2) is 53.8. The first-order chi connectivity index (χ1) is 71.1. The van der Waals surface area contributed by atoms with E-state index in [2.05, 4.69) is 10.6 Å². The molecule has 13 heterocycles. The molecule has 0 aromatic carbocycles. The van der Waals surface area contributed by atoms with Gasteiger partial charge in [0.1, 0.15) is 317 Å². The van der Waals surface area contributed by atoms with Crippen molar-refractivity contribution in [3.63, 3.8) is 0 Å². The van der Waals surface area contributed by atoms with Crippen LogP contribution < -0.4 is 10.6 Å². The predicted octanol–water partition coefficient (Wildman–Crippen LogP) is -29.0. The van der Waals surface area contributed by atoms with Gasteiger partial charge in [0.15, 0.2) is 81.8 Å². The molecule has 0 aromatic heterocycles. The standard InChI is InChI=1S/C82H138N2O66/c1-16(96)83-31-42(107)60(25(10-92)128-70(31)125)141-71-32(84-17(2)97)43(108)61(26(11-93)136-71)142-80-59(124)67(148-81-69(48(113)37(102)21(6-88)134-81)150-82-68(47(112)36(101)22(7-89)135-82)149-79-58(123)65(39(104)24(9-91)133-79)147-78-57(122)64(38(103)23(8-90)132-78)145-76-53(118)46(111)35(100)20(5-87)131-76)41(106)30(140-80)15-127-73-56(121)66(146-77-55(120)50(115)63(28(13-95)138-77)144-75-52(117)45(110)34(99)19(4-86)130-75)40(105)29(139-73)14-126-72-54(119)49(114)62(27(12-94)137-72)143-74-51(116)44(109)33(98)18(3-85)129-74/h18-82,85-95,98-125H,3-15H2,1-2H3,(H,83,96)(H,84,97)/t18-,19-,20-,21-,22-,23-,24-,25-,26-,27-,28-,29-,30-,31-,32-,33-,34-,35-,36-,37-,38-,39-,40-,41-,42-,43-,44+,45+,46+,47+,48+,49-,50-,51+,52+,53-,54+,55+,56+,57-,58+,59+,60-,61-,62-,63-,64+,65+,66+,67+,68+,69+,70+,71+,72+,73+,74-,75-,76-,77-,78-,79-,80+,81-,82-/m1/s1. The van der Waals surface area contributed by atoms with Crippen molar-refractivity contribution < 1.29 is 327 Å². The summed E-state index contributed by atoms with van der Waals surface area (Å²) in [5.41, 5.74) is 0. The molecular formula is C82H138N2O66. The van der Waals surface area contributed by atoms with Gasteiger partial charge in [-0.25, -0.2) is 0 Å². The van der Waals surface area contributed by atoms with Crippen molar-refractivity contribution in [1.29, 1.82) is 0 Å². The van der Waals surface area contributed by atoms with Gasteiger partial charge in [0, 0.05) is 13.8 Å². The number of ether oxygens (including phenoxy) is 25. The highest BCUT2D eigenvalue weighted by molar-refractivity contribution is 5.73. The van der Waals surface area contributed by atoms with E-state index in [-0.39, 0.29) is 0 Å². The first-order valence-corrected chi connectivity index (χ1v) is 47.7. The van der Waals surface area contributed by atoms with Crippen molar-refractivity contribution in [3.8, 4) is 0 Å². The first-order valence-electron chi connectivity index (χ1n) is 47.7. The van der Waals surface area contributed by atoms with Crippen molar-refractivity contribution in [2.75, 3.05) is 85.9 Å². The highest BCUT2D eigenvalue weighted by Crippen LogP contribution is 2.44. The van der Waals surface area contributed by atoms with Crippen LogP contribution in [0.25, 0.3) is 0 Å². The molecule has 0 bridgehead atoms. The topological polar surface area (TPSA) is 1080 Å². The van der Waals surface area contributed by atoms with Crippen LogP contribution in [0.15, 0.2) is 0 Å². The van der Waals surface area contributed by atoms with Crippen LogP contribution in [-0.2, 0) is 128 Å². The molecule has 0 saturated carbocycles. The monoisotopic (exact) mass is 2210 g/mol. The molecule has 0 aliphatic carbocycles. The Hall–Kier alpha value is -3.62. The molecule has 0 unspecified atom stereocenters. The van der Waals surface area contributed by atoms with Crippen LogP contribution in [0.5, 0.6) is 0 Å². The number of nitrogens with one attached hydrogen (secondary N) is 2. The average molecular weight is 2210 g/mol. The van der Waals surface area contributed by atoms with E-state index in [0.717, 1.165) is 13.8 Å². The van der Waals surface area contributed by atoms with Gasteiger partial charge < -0.3 is 328 Å². The van der Waals surface area contributed by atoms with E-state index in [4.69, 9.17) is 118 Å². The smallest absolute Gasteiger partial charge is 0.217 e. The minimum Gasteiger partial charge on any atom is -0.394 e. The number of amides is 2. The van der Waals surface area contributed by atoms with E-state index in [9.17, 15) is 209 Å². The summed E-state index contributed by atoms with van der Waals surface area (Å²) in [5, 5.41) is 442. The maximum absolute atomic E-state index is 13.2. The molecule has 872 valence electrons. The number of hydrogen-bond acceptors (Lipinski definition) is 66. The molecule has 150 heavy (non-hydrogen) atoms. The lowest BCUT2D eigenvalue weighted by Crippen LogP contribution is -2.70. The maximum Gasteiger partial charge on any atom is 0.217 e. The highest BCUT2D eigenvalue weighted by Gasteiger charge is 2.64. The molecule has 13 aliphatic heterocycles. The van der Waals surface area contributed by atoms with Gasteiger partial charge in [-0.05, 0) is 0 Å². The summed E-state index contributed by atoms with van der Waals surface area (Å²) in [5.74, 6) is -1.88. The summed E-state index contributed by atoms with van der Waals surface area (Å²) in [6.45, 7) is -13.6. The number of aliphatic hydroxyl groups excluding tert-OH is 39. The van der Waals surface area contributed by atoms with Crippen molar-refractivity contribution in [2.24, 2.45) is 0 Å². The Morgan fingerprint density at radius 3 is 0.693 bits per heavy atom. The SMILES string of the molecule is CC(=O)N[C@@H]1[C@@H](O)[C@H](O[C@@H]2O[C@H](CO)[C@@H](O[C@@H]3O[C@H](CO[C@H]4O[C@H](CO[C@H]5O[C@H](CO)[C@@H](O[C@H]6O[C@H](CO)[C@@H](O)[C@H](O)[C@@H]6O)[C@H](O)[C@@H]5O)[C@@H](O)[C@H](O[C@H]5O[C@H](CO)[C@@H](O[C@H]6O[C@H](CO)[C@@H](O)[C@H](O)[C@@H]6O)[C@H](O)[C@@H]5O)[C@@H]4O)[C@@H](O)[C@H](O[C@H]4O[C@H](CO)[C@@H](O)[C@H](O)[C@@H]4O[C@H]4O[C@H](CO)[C@@H](O)[C@H](O)[C@@H]4O[C@H]4O[C@H](CO)[C@@H](O)[C@H](O[C@H]5O[C@H](CO)[C@@H](O)[C@H](O[C@H]6O[C@H](CO)[C@@H](O)[C@H](O)[C@H]6O)[C@H]5O)[C@@H]4O)[C@@H]3O)[C@H](O)[C@H]2NC(C)=O)[C@@H](CO)O[C@@H]1O. The summed E-state index contributed by atoms with van der Waals surface area (Å²) in [6.07, 6.45) is -141. The van der Waals surface area contributed by atoms with E-state index >= 15 is 0 Å². The Bertz CT molecular complexity index is 4070. The Kier molecular flexibility index (Phi) is 44.2. The Morgan fingerprint density at radius 2 is 0.360 bits per heavy atom. The van der Waals surface area contributed by atoms with E-state index in [1.54, 1.807) is 0 Å². The third kappa shape index (κ3) is 26.2. The van der Waals surface area contributed by atoms with E-state index < -0.39 is 497 Å². The zero-order valence-corrected chi connectivity index (χ0v) is 79.2. The van der Waals surface area contributed by atoms with Gasteiger partial charge in [0.05, 0.1) is 85.9 Å². The summed E-state index contributed by atoms with van der Waals surface area (Å²) in [6, 6.07) is -3.79. The van der Waals surface area contributed by atoms with Crippen LogP contribution in [0.2, 0.25) is 0 Å². The van der Waals surface area contributed by atoms with Crippen molar-refractivity contribution in [3.05, 3.63) is 0 Å². The predicted molar refractivity (Wildman–Crippen MR) is 451 cm³/mol. The largest absolute Gasteiger partial charge is 0.394 e. The van der Waals surface area contributed by atoms with Crippen LogP contribution in [0.1, 0.15) is 13.8 Å². The number of carbonyl (C=O) groups is 2. The quantitative estimate of drug-likeness (QED) is 0.0272. The van der Waals surface area contributed by atoms with Gasteiger partial charge >= 0.3 is 0 Å². The molecule has 13 aliphatic rings. The fourth-order valence-electron chi connectivity index (χ4n) is 19.5. The maximum atomic E-state index is 13.2. The lowest BCUT2D eigenvalue weighted by molar-refractivity contribution is -0.412. The van der Waals surface area contributed by atoms with Crippen molar-refractivity contribution in [2.45, 2.75) is 413 Å². The Balaban J connectivity index is 0.822. The molecular weight excluding hydrogens is 2070 g/mol. The molecule has 13 rings (SSSR count). The van der Waals surface area contributed by atoms with E-state index in [1.807, 2.05) is 0 Å². The minimum absolute atomic E-state index is 0.849. The zero-order chi connectivity index (χ0) is 110. The zero-order valence-electron chi connectivity index (χ0n) is 79.2. The Morgan fingerprint density at radius 1 is 0.173 bits per heavy atom. The molecule has 0 spiro atoms. The van der Waals surface area contributed by atoms with Crippen LogP contribution in [-0.4, -0.2) is 696 Å². The fraction of sp³-hybridized carbons (Fsp3) is 0.976. The lowest BCUT2D eigenvalue weighted by Gasteiger charge is -2.51. The summed E-state index contributed by atoms with van der Waals surface area (Å²) >= 11 is 0. The van der Waals surface area contributed by atoms with E-state index in [1.165, 1.54) is 0 Å². The van der Waals surface area contributed by atoms with Crippen LogP contribution in [0.4, 0.5) is 0 Å². The highest BCUT2D eigenvalue weighted by atomic mass is 16.8. The van der Waals surface area contributed by atoms with Crippen molar-refractivity contribution >= 4 is 11.8 Å². The Labute approximate surface area is 845 Å². The number of hydrogen-bond donors (Lipinski definition) is 41. The number of rotatable bonds is 39. The van der Waals surface area contributed by atoms with Gasteiger partial charge in [-0.1, -0.05) is 0 Å². The molecule has 13 saturated heterocycles. The average Bonchev–Trinajstić information content (AvgIpc) is 0.763. The molecule has 0 aromatic rings. The number of aliphatic hydroxyl groups is 39. The molecule has 2 amide bonds. The summed E-state index contributed by atoms with van der Waals surface area (Å²) in [4.78, 5) is 25.5. The second-order valence-electron chi connectivity index (χ2n) is 38.0. The summed E-state index contributed by atoms with van der Waals surface area (Å²) in [7, 11) is 0. The van der Waals surface area contributed by atoms with Crippen LogP contribution in [0, 0.1) is 0 Å². The fourth-order valence-corrected chi connectivity index (χ4v) is 19.5. The summed E-state index contributed by atoms with van der Waals surface area (Å²) < 4.78 is 146. The van der Waals surface area contributed by atoms with Gasteiger partial charge in [0.2, 0.25) is 11.8 Å². The molecule has 68 nitrogen and oxygen atoms in total.